The van der Waals surface area contributed by atoms with Crippen LogP contribution in [0, 0.1) is 10.1 Å². The van der Waals surface area contributed by atoms with Crippen LogP contribution in [0.5, 0.6) is 11.5 Å². The number of thioether (sulfide) groups is 1. The van der Waals surface area contributed by atoms with Gasteiger partial charge in [-0.1, -0.05) is 6.07 Å². The van der Waals surface area contributed by atoms with Gasteiger partial charge in [0.1, 0.15) is 18.6 Å². The predicted octanol–water partition coefficient (Wildman–Crippen LogP) is 3.65. The topological polar surface area (TPSA) is 81.9 Å². The van der Waals surface area contributed by atoms with Crippen LogP contribution in [0.2, 0.25) is 0 Å². The predicted molar refractivity (Wildman–Crippen MR) is 106 cm³/mol. The van der Waals surface area contributed by atoms with Crippen molar-refractivity contribution in [2.45, 2.75) is 5.37 Å². The lowest BCUT2D eigenvalue weighted by atomic mass is 10.1. The van der Waals surface area contributed by atoms with Gasteiger partial charge in [-0.15, -0.1) is 11.8 Å². The molecule has 1 amide bonds. The summed E-state index contributed by atoms with van der Waals surface area (Å²) in [5.41, 5.74) is 1.77. The van der Waals surface area contributed by atoms with E-state index < -0.39 is 4.92 Å². The van der Waals surface area contributed by atoms with E-state index in [0.29, 0.717) is 25.5 Å². The van der Waals surface area contributed by atoms with Crippen LogP contribution in [0.25, 0.3) is 6.08 Å². The fourth-order valence-corrected chi connectivity index (χ4v) is 4.41. The van der Waals surface area contributed by atoms with Crippen LogP contribution in [-0.4, -0.2) is 41.2 Å². The number of nitro groups is 1. The third kappa shape index (κ3) is 3.82. The van der Waals surface area contributed by atoms with Crippen LogP contribution < -0.4 is 9.47 Å². The molecule has 28 heavy (non-hydrogen) atoms. The van der Waals surface area contributed by atoms with Crippen molar-refractivity contribution in [3.05, 3.63) is 69.8 Å². The van der Waals surface area contributed by atoms with Crippen molar-refractivity contribution < 1.29 is 19.2 Å². The van der Waals surface area contributed by atoms with E-state index in [2.05, 4.69) is 0 Å². The quantitative estimate of drug-likeness (QED) is 0.444. The summed E-state index contributed by atoms with van der Waals surface area (Å²) in [5, 5.41) is 10.6. The maximum Gasteiger partial charge on any atom is 0.269 e. The van der Waals surface area contributed by atoms with Crippen molar-refractivity contribution in [2.24, 2.45) is 0 Å². The number of nitro benzene ring substituents is 1. The number of ether oxygens (including phenoxy) is 2. The largest absolute Gasteiger partial charge is 0.486 e. The highest BCUT2D eigenvalue weighted by Gasteiger charge is 2.30. The Morgan fingerprint density at radius 1 is 1.14 bits per heavy atom. The van der Waals surface area contributed by atoms with Crippen LogP contribution >= 0.6 is 11.8 Å². The minimum Gasteiger partial charge on any atom is -0.486 e. The molecule has 1 atom stereocenters. The molecular weight excluding hydrogens is 380 g/mol. The monoisotopic (exact) mass is 398 g/mol. The van der Waals surface area contributed by atoms with Gasteiger partial charge in [-0.05, 0) is 41.5 Å². The summed E-state index contributed by atoms with van der Waals surface area (Å²) in [6.07, 6.45) is 3.19. The number of hydrogen-bond donors (Lipinski definition) is 0. The zero-order valence-electron chi connectivity index (χ0n) is 14.9. The van der Waals surface area contributed by atoms with E-state index in [1.165, 1.54) is 18.2 Å². The van der Waals surface area contributed by atoms with Gasteiger partial charge in [0.05, 0.1) is 4.92 Å². The first kappa shape index (κ1) is 18.4. The molecule has 0 bridgehead atoms. The molecule has 0 aliphatic carbocycles. The van der Waals surface area contributed by atoms with Gasteiger partial charge in [0, 0.05) is 30.5 Å². The van der Waals surface area contributed by atoms with E-state index in [9.17, 15) is 14.9 Å². The third-order valence-electron chi connectivity index (χ3n) is 4.55. The Balaban J connectivity index is 1.48. The van der Waals surface area contributed by atoms with Gasteiger partial charge < -0.3 is 14.4 Å². The van der Waals surface area contributed by atoms with Crippen molar-refractivity contribution in [1.29, 1.82) is 0 Å². The number of fused-ring (bicyclic) bond motifs is 1. The summed E-state index contributed by atoms with van der Waals surface area (Å²) in [6.45, 7) is 1.73. The Kier molecular flexibility index (Phi) is 5.21. The van der Waals surface area contributed by atoms with Gasteiger partial charge >= 0.3 is 0 Å². The lowest BCUT2D eigenvalue weighted by Crippen LogP contribution is -2.28. The highest BCUT2D eigenvalue weighted by molar-refractivity contribution is 7.99. The number of hydrogen-bond acceptors (Lipinski definition) is 6. The van der Waals surface area contributed by atoms with Crippen molar-refractivity contribution in [1.82, 2.24) is 4.90 Å². The summed E-state index contributed by atoms with van der Waals surface area (Å²) in [6, 6.07) is 11.9. The number of non-ortho nitro benzene ring substituents is 1. The average molecular weight is 398 g/mol. The molecule has 2 aliphatic heterocycles. The number of carbonyl (C=O) groups excluding carboxylic acids is 1. The van der Waals surface area contributed by atoms with E-state index in [-0.39, 0.29) is 17.0 Å². The zero-order chi connectivity index (χ0) is 19.5. The van der Waals surface area contributed by atoms with Crippen LogP contribution in [0.3, 0.4) is 0 Å². The Morgan fingerprint density at radius 3 is 2.64 bits per heavy atom. The van der Waals surface area contributed by atoms with Gasteiger partial charge in [-0.2, -0.15) is 0 Å². The molecular formula is C20H18N2O5S. The maximum absolute atomic E-state index is 12.7. The van der Waals surface area contributed by atoms with Gasteiger partial charge in [0.15, 0.2) is 11.5 Å². The first-order valence-corrected chi connectivity index (χ1v) is 9.91. The molecule has 2 aromatic rings. The fraction of sp³-hybridized carbons (Fsp3) is 0.250. The zero-order valence-corrected chi connectivity index (χ0v) is 15.8. The van der Waals surface area contributed by atoms with Crippen molar-refractivity contribution in [3.63, 3.8) is 0 Å². The van der Waals surface area contributed by atoms with Crippen molar-refractivity contribution >= 4 is 29.4 Å². The Labute approximate surface area is 166 Å². The number of nitrogens with zero attached hydrogens (tertiary/aromatic N) is 2. The molecule has 0 spiro atoms. The van der Waals surface area contributed by atoms with Gasteiger partial charge in [-0.25, -0.2) is 0 Å². The van der Waals surface area contributed by atoms with Crippen LogP contribution in [0.15, 0.2) is 48.5 Å². The lowest BCUT2D eigenvalue weighted by molar-refractivity contribution is -0.384. The summed E-state index contributed by atoms with van der Waals surface area (Å²) in [5.74, 6) is 2.21. The number of benzene rings is 2. The highest BCUT2D eigenvalue weighted by Crippen LogP contribution is 2.41. The average Bonchev–Trinajstić information content (AvgIpc) is 3.22. The first-order valence-electron chi connectivity index (χ1n) is 8.86. The van der Waals surface area contributed by atoms with Crippen LogP contribution in [0.1, 0.15) is 16.5 Å². The van der Waals surface area contributed by atoms with E-state index in [4.69, 9.17) is 9.47 Å². The fourth-order valence-electron chi connectivity index (χ4n) is 3.16. The second kappa shape index (κ2) is 7.93. The van der Waals surface area contributed by atoms with Crippen molar-refractivity contribution in [2.75, 3.05) is 25.5 Å². The lowest BCUT2D eigenvalue weighted by Gasteiger charge is -2.25. The van der Waals surface area contributed by atoms with E-state index in [1.54, 1.807) is 30.0 Å². The number of rotatable bonds is 4. The minimum atomic E-state index is -0.446. The van der Waals surface area contributed by atoms with Gasteiger partial charge in [-0.3, -0.25) is 14.9 Å². The molecule has 1 saturated heterocycles. The molecule has 0 N–H and O–H groups in total. The summed E-state index contributed by atoms with van der Waals surface area (Å²) in [4.78, 5) is 24.8. The molecule has 144 valence electrons. The van der Waals surface area contributed by atoms with Crippen molar-refractivity contribution in [3.8, 4) is 11.5 Å². The smallest absolute Gasteiger partial charge is 0.269 e. The molecule has 1 fully saturated rings. The Bertz CT molecular complexity index is 929. The second-order valence-corrected chi connectivity index (χ2v) is 7.53. The first-order chi connectivity index (χ1) is 13.6. The van der Waals surface area contributed by atoms with Gasteiger partial charge in [0.25, 0.3) is 5.69 Å². The molecule has 0 radical (unpaired) electrons. The second-order valence-electron chi connectivity index (χ2n) is 6.34. The Hall–Kier alpha value is -3.00. The molecule has 2 aliphatic rings. The number of carbonyl (C=O) groups is 1. The van der Waals surface area contributed by atoms with Crippen LogP contribution in [-0.2, 0) is 4.79 Å². The molecule has 2 aromatic carbocycles. The molecule has 0 saturated carbocycles. The highest BCUT2D eigenvalue weighted by atomic mass is 32.2. The number of amides is 1. The van der Waals surface area contributed by atoms with E-state index in [0.717, 1.165) is 22.6 Å². The summed E-state index contributed by atoms with van der Waals surface area (Å²) >= 11 is 1.71. The summed E-state index contributed by atoms with van der Waals surface area (Å²) < 4.78 is 11.2. The van der Waals surface area contributed by atoms with E-state index in [1.807, 2.05) is 23.1 Å². The molecule has 1 unspecified atom stereocenters. The summed E-state index contributed by atoms with van der Waals surface area (Å²) in [7, 11) is 0. The van der Waals surface area contributed by atoms with E-state index >= 15 is 0 Å². The Morgan fingerprint density at radius 2 is 1.89 bits per heavy atom. The molecule has 4 rings (SSSR count). The minimum absolute atomic E-state index is 0.0260. The molecule has 0 aromatic heterocycles. The maximum atomic E-state index is 12.7. The third-order valence-corrected chi connectivity index (χ3v) is 5.81. The SMILES string of the molecule is O=C(C=Cc1ccc([N+](=O)[O-])cc1)N1CCSC1c1ccc2c(c1)OCCO2. The molecule has 2 heterocycles. The molecule has 8 heteroatoms. The van der Waals surface area contributed by atoms with Gasteiger partial charge in [0.2, 0.25) is 5.91 Å². The van der Waals surface area contributed by atoms with Crippen LogP contribution in [0.4, 0.5) is 5.69 Å². The normalized spacial score (nSPS) is 18.4. The standard InChI is InChI=1S/C20H18N2O5S/c23-19(8-3-14-1-5-16(6-2-14)22(24)25)21-9-12-28-20(21)15-4-7-17-18(13-15)27-11-10-26-17/h1-8,13,20H,9-12H2. The molecule has 7 nitrogen and oxygen atoms in total.